The van der Waals surface area contributed by atoms with Gasteiger partial charge in [-0.25, -0.2) is 8.78 Å². The molecule has 0 amide bonds. The number of ether oxygens (including phenoxy) is 1. The molecule has 0 saturated heterocycles. The average molecular weight is 185 g/mol. The van der Waals surface area contributed by atoms with Gasteiger partial charge >= 0.3 is 0 Å². The highest BCUT2D eigenvalue weighted by Gasteiger charge is 2.06. The maximum absolute atomic E-state index is 12.9. The molecule has 0 atom stereocenters. The Bertz CT molecular complexity index is 325. The number of hydrogen-bond acceptors (Lipinski definition) is 2. The van der Waals surface area contributed by atoms with Gasteiger partial charge in [0.1, 0.15) is 5.82 Å². The molecule has 0 unspecified atom stereocenters. The van der Waals surface area contributed by atoms with E-state index in [-0.39, 0.29) is 11.6 Å². The van der Waals surface area contributed by atoms with Crippen LogP contribution < -0.4 is 4.74 Å². The molecule has 13 heavy (non-hydrogen) atoms. The van der Waals surface area contributed by atoms with Crippen LogP contribution in [0.25, 0.3) is 0 Å². The second-order valence-electron chi connectivity index (χ2n) is 2.45. The van der Waals surface area contributed by atoms with Crippen molar-refractivity contribution in [2.75, 3.05) is 0 Å². The molecule has 0 aliphatic carbocycles. The molecule has 0 radical (unpaired) electrons. The number of hydrogen-bond donors (Lipinski definition) is 1. The van der Waals surface area contributed by atoms with E-state index in [0.717, 1.165) is 18.2 Å². The Morgan fingerprint density at radius 2 is 2.15 bits per heavy atom. The molecule has 0 aromatic heterocycles. The molecular formula is C9H9F2NO. The first kappa shape index (κ1) is 9.64. The molecule has 0 bridgehead atoms. The maximum Gasteiger partial charge on any atom is 0.187 e. The van der Waals surface area contributed by atoms with Crippen LogP contribution in [0.2, 0.25) is 0 Å². The first-order chi connectivity index (χ1) is 6.13. The molecule has 0 aliphatic rings. The lowest BCUT2D eigenvalue weighted by Crippen LogP contribution is -2.06. The van der Waals surface area contributed by atoms with E-state index in [1.807, 2.05) is 0 Å². The third-order valence-electron chi connectivity index (χ3n) is 1.45. The lowest BCUT2D eigenvalue weighted by Gasteiger charge is -2.05. The average Bonchev–Trinajstić information content (AvgIpc) is 2.11. The van der Waals surface area contributed by atoms with Crippen molar-refractivity contribution in [1.29, 1.82) is 5.41 Å². The Morgan fingerprint density at radius 1 is 1.46 bits per heavy atom. The Morgan fingerprint density at radius 3 is 2.77 bits per heavy atom. The lowest BCUT2D eigenvalue weighted by atomic mass is 10.3. The summed E-state index contributed by atoms with van der Waals surface area (Å²) in [5.74, 6) is -1.59. The van der Waals surface area contributed by atoms with Crippen LogP contribution >= 0.6 is 0 Å². The van der Waals surface area contributed by atoms with Crippen LogP contribution in [0.3, 0.4) is 0 Å². The summed E-state index contributed by atoms with van der Waals surface area (Å²) in [6, 6.07) is 2.88. The zero-order valence-corrected chi connectivity index (χ0v) is 7.10. The molecule has 0 aliphatic heterocycles. The summed E-state index contributed by atoms with van der Waals surface area (Å²) in [6.07, 6.45) is 0.343. The van der Waals surface area contributed by atoms with Crippen LogP contribution in [0.1, 0.15) is 13.3 Å². The van der Waals surface area contributed by atoms with Crippen molar-refractivity contribution in [2.45, 2.75) is 13.3 Å². The second kappa shape index (κ2) is 3.98. The summed E-state index contributed by atoms with van der Waals surface area (Å²) in [7, 11) is 0. The van der Waals surface area contributed by atoms with Crippen molar-refractivity contribution < 1.29 is 13.5 Å². The van der Waals surface area contributed by atoms with E-state index in [9.17, 15) is 8.78 Å². The Balaban J connectivity index is 2.87. The molecule has 1 aromatic rings. The van der Waals surface area contributed by atoms with Gasteiger partial charge in [-0.2, -0.15) is 0 Å². The van der Waals surface area contributed by atoms with Crippen molar-refractivity contribution in [1.82, 2.24) is 0 Å². The molecule has 0 heterocycles. The van der Waals surface area contributed by atoms with Gasteiger partial charge in [0.15, 0.2) is 17.5 Å². The fourth-order valence-corrected chi connectivity index (χ4v) is 0.760. The van der Waals surface area contributed by atoms with Crippen LogP contribution in [-0.2, 0) is 0 Å². The first-order valence-electron chi connectivity index (χ1n) is 3.83. The molecule has 0 saturated carbocycles. The molecular weight excluding hydrogens is 176 g/mol. The fourth-order valence-electron chi connectivity index (χ4n) is 0.760. The van der Waals surface area contributed by atoms with Crippen molar-refractivity contribution in [3.8, 4) is 5.75 Å². The SMILES string of the molecule is CCC(=N)Oc1cc(F)ccc1F. The zero-order valence-electron chi connectivity index (χ0n) is 7.10. The Labute approximate surface area is 74.7 Å². The van der Waals surface area contributed by atoms with E-state index >= 15 is 0 Å². The number of nitrogens with one attached hydrogen (secondary N) is 1. The van der Waals surface area contributed by atoms with Crippen molar-refractivity contribution in [3.05, 3.63) is 29.8 Å². The summed E-state index contributed by atoms with van der Waals surface area (Å²) >= 11 is 0. The van der Waals surface area contributed by atoms with E-state index in [4.69, 9.17) is 10.1 Å². The summed E-state index contributed by atoms with van der Waals surface area (Å²) in [6.45, 7) is 1.69. The smallest absolute Gasteiger partial charge is 0.187 e. The minimum absolute atomic E-state index is 0.0931. The van der Waals surface area contributed by atoms with Crippen LogP contribution in [0, 0.1) is 17.0 Å². The molecule has 2 nitrogen and oxygen atoms in total. The lowest BCUT2D eigenvalue weighted by molar-refractivity contribution is 0.471. The summed E-state index contributed by atoms with van der Waals surface area (Å²) < 4.78 is 30.2. The normalized spacial score (nSPS) is 9.77. The topological polar surface area (TPSA) is 33.1 Å². The van der Waals surface area contributed by atoms with E-state index < -0.39 is 11.6 Å². The third-order valence-corrected chi connectivity index (χ3v) is 1.45. The summed E-state index contributed by atoms with van der Waals surface area (Å²) in [5.41, 5.74) is 0. The Hall–Kier alpha value is -1.45. The molecule has 0 fully saturated rings. The fraction of sp³-hybridized carbons (Fsp3) is 0.222. The highest BCUT2D eigenvalue weighted by molar-refractivity contribution is 5.74. The minimum atomic E-state index is -0.667. The van der Waals surface area contributed by atoms with Gasteiger partial charge in [0.2, 0.25) is 0 Å². The van der Waals surface area contributed by atoms with Crippen LogP contribution in [-0.4, -0.2) is 5.90 Å². The molecule has 1 rings (SSSR count). The molecule has 1 aromatic carbocycles. The minimum Gasteiger partial charge on any atom is -0.440 e. The first-order valence-corrected chi connectivity index (χ1v) is 3.83. The van der Waals surface area contributed by atoms with E-state index in [1.165, 1.54) is 0 Å². The number of rotatable bonds is 2. The van der Waals surface area contributed by atoms with Crippen LogP contribution in [0.4, 0.5) is 8.78 Å². The molecule has 0 spiro atoms. The number of benzene rings is 1. The predicted octanol–water partition coefficient (Wildman–Crippen LogP) is 2.73. The van der Waals surface area contributed by atoms with E-state index in [2.05, 4.69) is 0 Å². The molecule has 70 valence electrons. The Kier molecular flexibility index (Phi) is 2.95. The van der Waals surface area contributed by atoms with Crippen molar-refractivity contribution in [3.63, 3.8) is 0 Å². The van der Waals surface area contributed by atoms with Crippen LogP contribution in [0.15, 0.2) is 18.2 Å². The highest BCUT2D eigenvalue weighted by atomic mass is 19.1. The summed E-state index contributed by atoms with van der Waals surface area (Å²) in [4.78, 5) is 0. The van der Waals surface area contributed by atoms with Gasteiger partial charge in [-0.05, 0) is 12.1 Å². The van der Waals surface area contributed by atoms with Gasteiger partial charge < -0.3 is 4.74 Å². The van der Waals surface area contributed by atoms with Crippen LogP contribution in [0.5, 0.6) is 5.75 Å². The highest BCUT2D eigenvalue weighted by Crippen LogP contribution is 2.18. The van der Waals surface area contributed by atoms with Gasteiger partial charge in [-0.1, -0.05) is 6.92 Å². The summed E-state index contributed by atoms with van der Waals surface area (Å²) in [5, 5.41) is 7.13. The largest absolute Gasteiger partial charge is 0.440 e. The number of halogens is 2. The standard InChI is InChI=1S/C9H9F2NO/c1-2-9(12)13-8-5-6(10)3-4-7(8)11/h3-5,12H,2H2,1H3. The monoisotopic (exact) mass is 185 g/mol. The van der Waals surface area contributed by atoms with E-state index in [1.54, 1.807) is 6.92 Å². The van der Waals surface area contributed by atoms with Crippen molar-refractivity contribution >= 4 is 5.90 Å². The second-order valence-corrected chi connectivity index (χ2v) is 2.45. The predicted molar refractivity (Wildman–Crippen MR) is 45.0 cm³/mol. The van der Waals surface area contributed by atoms with Crippen molar-refractivity contribution in [2.24, 2.45) is 0 Å². The van der Waals surface area contributed by atoms with Gasteiger partial charge in [0.05, 0.1) is 0 Å². The van der Waals surface area contributed by atoms with Gasteiger partial charge in [-0.15, -0.1) is 0 Å². The zero-order chi connectivity index (χ0) is 9.84. The molecule has 1 N–H and O–H groups in total. The van der Waals surface area contributed by atoms with Gasteiger partial charge in [0.25, 0.3) is 0 Å². The quantitative estimate of drug-likeness (QED) is 0.557. The third kappa shape index (κ3) is 2.50. The van der Waals surface area contributed by atoms with Gasteiger partial charge in [-0.3, -0.25) is 5.41 Å². The van der Waals surface area contributed by atoms with Gasteiger partial charge in [0, 0.05) is 12.5 Å². The van der Waals surface area contributed by atoms with E-state index in [0.29, 0.717) is 6.42 Å². The molecule has 4 heteroatoms. The maximum atomic E-state index is 12.9.